The molecule has 1 aliphatic rings. The van der Waals surface area contributed by atoms with Crippen LogP contribution in [0, 0.1) is 6.92 Å². The molecular weight excluding hydrogens is 390 g/mol. The maximum Gasteiger partial charge on any atom is 0.292 e. The van der Waals surface area contributed by atoms with Crippen LogP contribution in [0.15, 0.2) is 58.4 Å². The lowest BCUT2D eigenvalue weighted by Crippen LogP contribution is -2.54. The average molecular weight is 411 g/mol. The molecule has 29 heavy (non-hydrogen) atoms. The fourth-order valence-electron chi connectivity index (χ4n) is 2.43. The number of hydrogen-bond donors (Lipinski definition) is 2. The molecule has 2 N–H and O–H groups in total. The van der Waals surface area contributed by atoms with E-state index in [1.165, 1.54) is 9.91 Å². The first kappa shape index (κ1) is 20.4. The van der Waals surface area contributed by atoms with Gasteiger partial charge in [-0.05, 0) is 55.1 Å². The number of carbonyl (C=O) groups excluding carboxylic acids is 3. The number of amidine groups is 1. The predicted molar refractivity (Wildman–Crippen MR) is 114 cm³/mol. The zero-order valence-electron chi connectivity index (χ0n) is 16.3. The summed E-state index contributed by atoms with van der Waals surface area (Å²) >= 11 is 1.10. The van der Waals surface area contributed by atoms with Gasteiger partial charge in [0.15, 0.2) is 0 Å². The highest BCUT2D eigenvalue weighted by Gasteiger charge is 2.25. The summed E-state index contributed by atoms with van der Waals surface area (Å²) in [5.41, 5.74) is 5.03. The highest BCUT2D eigenvalue weighted by atomic mass is 32.2. The Balaban J connectivity index is 1.65. The number of amides is 3. The Morgan fingerprint density at radius 3 is 2.38 bits per heavy atom. The molecule has 0 bridgehead atoms. The van der Waals surface area contributed by atoms with Crippen molar-refractivity contribution in [2.24, 2.45) is 4.99 Å². The topological polar surface area (TPSA) is 94.1 Å². The number of aryl methyl sites for hydroxylation is 1. The van der Waals surface area contributed by atoms with Gasteiger partial charge in [0.2, 0.25) is 5.84 Å². The number of hydrazine groups is 1. The van der Waals surface area contributed by atoms with Crippen LogP contribution in [0.1, 0.15) is 5.56 Å². The van der Waals surface area contributed by atoms with Crippen molar-refractivity contribution in [3.63, 3.8) is 0 Å². The maximum atomic E-state index is 12.5. The Labute approximate surface area is 172 Å². The molecule has 2 aromatic carbocycles. The van der Waals surface area contributed by atoms with Crippen molar-refractivity contribution >= 4 is 46.0 Å². The molecule has 3 rings (SSSR count). The van der Waals surface area contributed by atoms with Gasteiger partial charge in [0.05, 0.1) is 5.69 Å². The highest BCUT2D eigenvalue weighted by Crippen LogP contribution is 2.22. The van der Waals surface area contributed by atoms with Crippen LogP contribution in [0.2, 0.25) is 0 Å². The molecular formula is C20H21N5O3S. The summed E-state index contributed by atoms with van der Waals surface area (Å²) in [6.45, 7) is 1.83. The van der Waals surface area contributed by atoms with Gasteiger partial charge in [-0.25, -0.2) is 5.01 Å². The number of carbonyl (C=O) groups is 3. The number of aliphatic imine (C=N–C) groups is 1. The second kappa shape index (κ2) is 8.78. The van der Waals surface area contributed by atoms with Gasteiger partial charge in [-0.3, -0.25) is 24.8 Å². The van der Waals surface area contributed by atoms with E-state index in [2.05, 4.69) is 15.7 Å². The number of anilines is 2. The van der Waals surface area contributed by atoms with E-state index in [1.807, 2.05) is 19.1 Å². The lowest BCUT2D eigenvalue weighted by atomic mass is 10.2. The minimum Gasteiger partial charge on any atom is -0.339 e. The van der Waals surface area contributed by atoms with E-state index in [4.69, 9.17) is 0 Å². The van der Waals surface area contributed by atoms with Crippen LogP contribution in [0.4, 0.5) is 16.2 Å². The zero-order chi connectivity index (χ0) is 21.0. The Hall–Kier alpha value is -3.33. The van der Waals surface area contributed by atoms with E-state index in [0.717, 1.165) is 22.2 Å². The molecule has 8 nitrogen and oxygen atoms in total. The molecule has 1 heterocycles. The minimum atomic E-state index is -0.459. The second-order valence-corrected chi connectivity index (χ2v) is 7.61. The van der Waals surface area contributed by atoms with Crippen molar-refractivity contribution in [1.29, 1.82) is 0 Å². The average Bonchev–Trinajstić information content (AvgIpc) is 2.70. The number of hydrogen-bond acceptors (Lipinski definition) is 6. The third kappa shape index (κ3) is 5.14. The summed E-state index contributed by atoms with van der Waals surface area (Å²) in [6, 6.07) is 14.3. The lowest BCUT2D eigenvalue weighted by Gasteiger charge is -2.27. The molecule has 150 valence electrons. The number of rotatable bonds is 4. The summed E-state index contributed by atoms with van der Waals surface area (Å²) in [6.07, 6.45) is 0. The van der Waals surface area contributed by atoms with E-state index in [9.17, 15) is 14.4 Å². The molecule has 0 spiro atoms. The van der Waals surface area contributed by atoms with E-state index < -0.39 is 5.91 Å². The van der Waals surface area contributed by atoms with E-state index in [0.29, 0.717) is 11.4 Å². The summed E-state index contributed by atoms with van der Waals surface area (Å²) in [5, 5.41) is 3.97. The molecule has 9 heteroatoms. The summed E-state index contributed by atoms with van der Waals surface area (Å²) in [7, 11) is 3.37. The predicted octanol–water partition coefficient (Wildman–Crippen LogP) is 2.66. The molecule has 3 amide bonds. The van der Waals surface area contributed by atoms with Gasteiger partial charge >= 0.3 is 0 Å². The van der Waals surface area contributed by atoms with E-state index in [-0.39, 0.29) is 23.5 Å². The first-order valence-corrected chi connectivity index (χ1v) is 9.66. The van der Waals surface area contributed by atoms with E-state index >= 15 is 0 Å². The van der Waals surface area contributed by atoms with Gasteiger partial charge in [0.1, 0.15) is 6.54 Å². The number of benzene rings is 2. The van der Waals surface area contributed by atoms with Crippen LogP contribution in [-0.4, -0.2) is 48.4 Å². The maximum absolute atomic E-state index is 12.5. The van der Waals surface area contributed by atoms with Crippen LogP contribution >= 0.6 is 11.8 Å². The van der Waals surface area contributed by atoms with Gasteiger partial charge in [0, 0.05) is 24.7 Å². The van der Waals surface area contributed by atoms with Crippen molar-refractivity contribution in [2.45, 2.75) is 11.8 Å². The minimum absolute atomic E-state index is 0.0476. The molecule has 0 aliphatic carbocycles. The van der Waals surface area contributed by atoms with Gasteiger partial charge in [0.25, 0.3) is 17.1 Å². The van der Waals surface area contributed by atoms with Crippen LogP contribution in [-0.2, 0) is 9.59 Å². The van der Waals surface area contributed by atoms with Crippen LogP contribution < -0.4 is 15.8 Å². The molecule has 1 aliphatic heterocycles. The zero-order valence-corrected chi connectivity index (χ0v) is 17.1. The fourth-order valence-corrected chi connectivity index (χ4v) is 3.09. The van der Waals surface area contributed by atoms with Crippen molar-refractivity contribution in [1.82, 2.24) is 10.3 Å². The lowest BCUT2D eigenvalue weighted by molar-refractivity contribution is -0.118. The van der Waals surface area contributed by atoms with Crippen molar-refractivity contribution in [3.05, 3.63) is 54.1 Å². The summed E-state index contributed by atoms with van der Waals surface area (Å²) in [5.74, 6) is -0.664. The number of nitrogens with one attached hydrogen (secondary N) is 2. The molecule has 0 saturated carbocycles. The third-order valence-electron chi connectivity index (χ3n) is 4.03. The Kier molecular flexibility index (Phi) is 6.18. The smallest absolute Gasteiger partial charge is 0.292 e. The SMILES string of the molecule is Cc1ccc(N2NC(C(=O)Nc3ccc(SC(=O)N(C)C)cc3)=NCC2=O)cc1. The van der Waals surface area contributed by atoms with Gasteiger partial charge in [-0.2, -0.15) is 0 Å². The third-order valence-corrected chi connectivity index (χ3v) is 5.08. The van der Waals surface area contributed by atoms with Crippen molar-refractivity contribution < 1.29 is 14.4 Å². The number of nitrogens with zero attached hydrogens (tertiary/aromatic N) is 3. The molecule has 0 unspecified atom stereocenters. The molecule has 0 atom stereocenters. The van der Waals surface area contributed by atoms with Crippen LogP contribution in [0.3, 0.4) is 0 Å². The number of thioether (sulfide) groups is 1. The Morgan fingerprint density at radius 1 is 1.10 bits per heavy atom. The van der Waals surface area contributed by atoms with Gasteiger partial charge in [-0.15, -0.1) is 0 Å². The normalized spacial score (nSPS) is 13.4. The molecule has 0 aromatic heterocycles. The molecule has 2 aromatic rings. The monoisotopic (exact) mass is 411 g/mol. The van der Waals surface area contributed by atoms with E-state index in [1.54, 1.807) is 50.5 Å². The molecule has 0 fully saturated rings. The largest absolute Gasteiger partial charge is 0.339 e. The molecule has 0 radical (unpaired) electrons. The van der Waals surface area contributed by atoms with Gasteiger partial charge < -0.3 is 10.2 Å². The van der Waals surface area contributed by atoms with Crippen LogP contribution in [0.5, 0.6) is 0 Å². The quantitative estimate of drug-likeness (QED) is 0.755. The summed E-state index contributed by atoms with van der Waals surface area (Å²) in [4.78, 5) is 42.7. The highest BCUT2D eigenvalue weighted by molar-refractivity contribution is 8.13. The fraction of sp³-hybridized carbons (Fsp3) is 0.200. The van der Waals surface area contributed by atoms with Crippen molar-refractivity contribution in [3.8, 4) is 0 Å². The first-order valence-electron chi connectivity index (χ1n) is 8.85. The van der Waals surface area contributed by atoms with Crippen molar-refractivity contribution in [2.75, 3.05) is 31.0 Å². The Bertz CT molecular complexity index is 955. The summed E-state index contributed by atoms with van der Waals surface area (Å²) < 4.78 is 0. The molecule has 0 saturated heterocycles. The standard InChI is InChI=1S/C20H21N5O3S/c1-13-4-8-15(9-5-13)25-17(26)12-21-18(23-25)19(27)22-14-6-10-16(11-7-14)29-20(28)24(2)3/h4-11H,12H2,1-3H3,(H,21,23)(H,22,27). The Morgan fingerprint density at radius 2 is 1.76 bits per heavy atom. The van der Waals surface area contributed by atoms with Gasteiger partial charge in [-0.1, -0.05) is 17.7 Å². The second-order valence-electron chi connectivity index (χ2n) is 6.58. The van der Waals surface area contributed by atoms with Crippen LogP contribution in [0.25, 0.3) is 0 Å². The first-order chi connectivity index (χ1) is 13.8.